The first-order valence-electron chi connectivity index (χ1n) is 12.6. The van der Waals surface area contributed by atoms with Gasteiger partial charge < -0.3 is 32.1 Å². The molecular weight excluding hydrogens is 468 g/mol. The van der Waals surface area contributed by atoms with E-state index in [1.54, 1.807) is 0 Å². The van der Waals surface area contributed by atoms with Crippen LogP contribution in [0.1, 0.15) is 36.8 Å². The van der Waals surface area contributed by atoms with Gasteiger partial charge in [-0.25, -0.2) is 0 Å². The Balaban J connectivity index is 1.13. The van der Waals surface area contributed by atoms with Crippen LogP contribution in [-0.4, -0.2) is 46.3 Å². The van der Waals surface area contributed by atoms with Gasteiger partial charge in [0.1, 0.15) is 6.04 Å². The van der Waals surface area contributed by atoms with Crippen LogP contribution in [0, 0.1) is 0 Å². The summed E-state index contributed by atoms with van der Waals surface area (Å²) in [6, 6.07) is 14.3. The Kier molecular flexibility index (Phi) is 8.58. The predicted molar refractivity (Wildman–Crippen MR) is 145 cm³/mol. The summed E-state index contributed by atoms with van der Waals surface area (Å²) in [5.41, 5.74) is 15.6. The van der Waals surface area contributed by atoms with Crippen molar-refractivity contribution in [3.63, 3.8) is 0 Å². The van der Waals surface area contributed by atoms with E-state index in [1.165, 1.54) is 0 Å². The number of aromatic nitrogens is 2. The van der Waals surface area contributed by atoms with Gasteiger partial charge in [0.15, 0.2) is 0 Å². The minimum Gasteiger partial charge on any atom is -0.368 e. The molecule has 0 unspecified atom stereocenters. The number of H-pyrrole nitrogens is 2. The SMILES string of the molecule is NC(=O)[C@H](Cc1c[nH]c2ccccc12)NC(=O)CCCCCNC(=O)[C@H](N)Cc1c[nH]c2ccccc12. The van der Waals surface area contributed by atoms with Gasteiger partial charge in [0.05, 0.1) is 6.04 Å². The van der Waals surface area contributed by atoms with Crippen LogP contribution < -0.4 is 22.1 Å². The minimum atomic E-state index is -0.773. The molecule has 4 aromatic rings. The third kappa shape index (κ3) is 6.77. The van der Waals surface area contributed by atoms with Crippen molar-refractivity contribution in [2.45, 2.75) is 50.6 Å². The van der Waals surface area contributed by atoms with Crippen molar-refractivity contribution in [1.82, 2.24) is 20.6 Å². The van der Waals surface area contributed by atoms with E-state index < -0.39 is 18.0 Å². The highest BCUT2D eigenvalue weighted by atomic mass is 16.2. The number of para-hydroxylation sites is 2. The fourth-order valence-corrected chi connectivity index (χ4v) is 4.57. The Hall–Kier alpha value is -4.11. The molecule has 2 heterocycles. The number of primary amides is 1. The molecule has 0 fully saturated rings. The summed E-state index contributed by atoms with van der Waals surface area (Å²) in [7, 11) is 0. The van der Waals surface area contributed by atoms with Crippen LogP contribution in [0.15, 0.2) is 60.9 Å². The van der Waals surface area contributed by atoms with E-state index in [0.29, 0.717) is 25.8 Å². The summed E-state index contributed by atoms with van der Waals surface area (Å²) >= 11 is 0. The molecule has 8 N–H and O–H groups in total. The molecule has 0 aliphatic heterocycles. The first kappa shape index (κ1) is 26.0. The summed E-state index contributed by atoms with van der Waals surface area (Å²) in [6.07, 6.45) is 6.93. The molecule has 194 valence electrons. The molecule has 0 spiro atoms. The monoisotopic (exact) mass is 502 g/mol. The topological polar surface area (TPSA) is 159 Å². The first-order valence-corrected chi connectivity index (χ1v) is 12.6. The maximum absolute atomic E-state index is 12.4. The second kappa shape index (κ2) is 12.2. The average molecular weight is 503 g/mol. The highest BCUT2D eigenvalue weighted by Gasteiger charge is 2.20. The average Bonchev–Trinajstić information content (AvgIpc) is 3.49. The molecule has 2 atom stereocenters. The molecule has 0 radical (unpaired) electrons. The van der Waals surface area contributed by atoms with Crippen molar-refractivity contribution in [2.24, 2.45) is 11.5 Å². The molecule has 2 aromatic carbocycles. The van der Waals surface area contributed by atoms with Gasteiger partial charge in [-0.05, 0) is 42.5 Å². The molecule has 0 saturated heterocycles. The summed E-state index contributed by atoms with van der Waals surface area (Å²) in [4.78, 5) is 43.1. The van der Waals surface area contributed by atoms with Crippen LogP contribution in [-0.2, 0) is 27.2 Å². The van der Waals surface area contributed by atoms with Crippen molar-refractivity contribution >= 4 is 39.5 Å². The number of carbonyl (C=O) groups is 3. The van der Waals surface area contributed by atoms with E-state index in [-0.39, 0.29) is 18.2 Å². The lowest BCUT2D eigenvalue weighted by Gasteiger charge is -2.15. The highest BCUT2D eigenvalue weighted by molar-refractivity contribution is 5.89. The van der Waals surface area contributed by atoms with Crippen molar-refractivity contribution in [1.29, 1.82) is 0 Å². The van der Waals surface area contributed by atoms with E-state index in [2.05, 4.69) is 20.6 Å². The molecule has 2 aromatic heterocycles. The number of amides is 3. The largest absolute Gasteiger partial charge is 0.368 e. The number of fused-ring (bicyclic) bond motifs is 2. The Morgan fingerprint density at radius 3 is 2.03 bits per heavy atom. The summed E-state index contributed by atoms with van der Waals surface area (Å²) in [6.45, 7) is 0.493. The van der Waals surface area contributed by atoms with E-state index in [0.717, 1.165) is 45.8 Å². The summed E-state index contributed by atoms with van der Waals surface area (Å²) in [5, 5.41) is 7.72. The normalized spacial score (nSPS) is 12.9. The van der Waals surface area contributed by atoms with Crippen LogP contribution in [0.2, 0.25) is 0 Å². The van der Waals surface area contributed by atoms with Gasteiger partial charge in [0, 0.05) is 53.6 Å². The molecule has 0 aliphatic rings. The maximum atomic E-state index is 12.4. The Labute approximate surface area is 215 Å². The lowest BCUT2D eigenvalue weighted by atomic mass is 10.0. The molecule has 37 heavy (non-hydrogen) atoms. The molecule has 0 bridgehead atoms. The van der Waals surface area contributed by atoms with Crippen LogP contribution in [0.3, 0.4) is 0 Å². The van der Waals surface area contributed by atoms with E-state index in [9.17, 15) is 14.4 Å². The van der Waals surface area contributed by atoms with Crippen LogP contribution in [0.4, 0.5) is 0 Å². The Morgan fingerprint density at radius 2 is 1.41 bits per heavy atom. The van der Waals surface area contributed by atoms with E-state index in [1.807, 2.05) is 60.9 Å². The third-order valence-corrected chi connectivity index (χ3v) is 6.61. The van der Waals surface area contributed by atoms with Gasteiger partial charge in [0.2, 0.25) is 17.7 Å². The zero-order valence-corrected chi connectivity index (χ0v) is 20.8. The van der Waals surface area contributed by atoms with Gasteiger partial charge >= 0.3 is 0 Å². The number of benzene rings is 2. The smallest absolute Gasteiger partial charge is 0.240 e. The standard InChI is InChI=1S/C28H34N6O3/c29-22(14-18-16-32-23-10-5-3-8-20(18)23)28(37)31-13-7-1-2-12-26(35)34-25(27(30)36)15-19-17-33-24-11-6-4-9-21(19)24/h3-6,8-11,16-17,22,25,32-33H,1-2,7,12-15,29H2,(H2,30,36)(H,31,37)(H,34,35)/t22-,25+/m1/s1. The third-order valence-electron chi connectivity index (χ3n) is 6.61. The van der Waals surface area contributed by atoms with Gasteiger partial charge in [-0.15, -0.1) is 0 Å². The number of hydrogen-bond donors (Lipinski definition) is 6. The highest BCUT2D eigenvalue weighted by Crippen LogP contribution is 2.20. The van der Waals surface area contributed by atoms with E-state index >= 15 is 0 Å². The zero-order chi connectivity index (χ0) is 26.2. The number of nitrogens with two attached hydrogens (primary N) is 2. The number of unbranched alkanes of at least 4 members (excludes halogenated alkanes) is 2. The molecule has 3 amide bonds. The lowest BCUT2D eigenvalue weighted by Crippen LogP contribution is -2.45. The van der Waals surface area contributed by atoms with Crippen molar-refractivity contribution in [3.05, 3.63) is 72.1 Å². The fraction of sp³-hybridized carbons (Fsp3) is 0.321. The maximum Gasteiger partial charge on any atom is 0.240 e. The van der Waals surface area contributed by atoms with Crippen molar-refractivity contribution in [3.8, 4) is 0 Å². The first-order chi connectivity index (χ1) is 17.9. The van der Waals surface area contributed by atoms with Crippen molar-refractivity contribution in [2.75, 3.05) is 6.54 Å². The number of carbonyl (C=O) groups excluding carboxylic acids is 3. The number of rotatable bonds is 13. The van der Waals surface area contributed by atoms with Crippen LogP contribution in [0.5, 0.6) is 0 Å². The van der Waals surface area contributed by atoms with Crippen molar-refractivity contribution < 1.29 is 14.4 Å². The van der Waals surface area contributed by atoms with Gasteiger partial charge in [-0.3, -0.25) is 14.4 Å². The van der Waals surface area contributed by atoms with Gasteiger partial charge in [0.25, 0.3) is 0 Å². The number of hydrogen-bond acceptors (Lipinski definition) is 4. The number of nitrogens with one attached hydrogen (secondary N) is 4. The Morgan fingerprint density at radius 1 is 0.811 bits per heavy atom. The zero-order valence-electron chi connectivity index (χ0n) is 20.8. The molecular formula is C28H34N6O3. The molecule has 9 heteroatoms. The van der Waals surface area contributed by atoms with Crippen LogP contribution in [0.25, 0.3) is 21.8 Å². The second-order valence-electron chi connectivity index (χ2n) is 9.36. The molecule has 0 saturated carbocycles. The quantitative estimate of drug-likeness (QED) is 0.155. The Bertz CT molecular complexity index is 1370. The summed E-state index contributed by atoms with van der Waals surface area (Å²) in [5.74, 6) is -0.969. The van der Waals surface area contributed by atoms with Crippen LogP contribution >= 0.6 is 0 Å². The summed E-state index contributed by atoms with van der Waals surface area (Å²) < 4.78 is 0. The predicted octanol–water partition coefficient (Wildman–Crippen LogP) is 2.41. The molecule has 0 aliphatic carbocycles. The molecule has 4 rings (SSSR count). The lowest BCUT2D eigenvalue weighted by molar-refractivity contribution is -0.127. The van der Waals surface area contributed by atoms with Gasteiger partial charge in [-0.2, -0.15) is 0 Å². The number of aromatic amines is 2. The minimum absolute atomic E-state index is 0.190. The van der Waals surface area contributed by atoms with E-state index in [4.69, 9.17) is 11.5 Å². The van der Waals surface area contributed by atoms with Gasteiger partial charge in [-0.1, -0.05) is 42.8 Å². The second-order valence-corrected chi connectivity index (χ2v) is 9.36. The fourth-order valence-electron chi connectivity index (χ4n) is 4.57. The molecule has 9 nitrogen and oxygen atoms in total.